The van der Waals surface area contributed by atoms with Crippen LogP contribution < -0.4 is 42.9 Å². The maximum atomic E-state index is 13.5. The van der Waals surface area contributed by atoms with E-state index in [2.05, 4.69) is 39.9 Å². The number of rotatable bonds is 8. The number of hydrogen-bond donors (Lipinski definition) is 4. The van der Waals surface area contributed by atoms with Gasteiger partial charge in [0.1, 0.15) is 0 Å². The Labute approximate surface area is 674 Å². The van der Waals surface area contributed by atoms with Crippen LogP contribution in [0.2, 0.25) is 15.1 Å². The molecule has 31 heteroatoms. The van der Waals surface area contributed by atoms with Gasteiger partial charge in [0.2, 0.25) is 0 Å². The van der Waals surface area contributed by atoms with Gasteiger partial charge in [-0.25, -0.2) is 0 Å². The highest BCUT2D eigenvalue weighted by Crippen LogP contribution is 2.59. The number of halogens is 3. The topological polar surface area (TPSA) is 325 Å². The Morgan fingerprint density at radius 1 is 0.319 bits per heavy atom. The zero-order valence-corrected chi connectivity index (χ0v) is 67.1. The minimum Gasteiger partial charge on any atom is -0.359 e. The summed E-state index contributed by atoms with van der Waals surface area (Å²) in [6.45, 7) is 3.27. The molecule has 0 aliphatic carbocycles. The highest BCUT2D eigenvalue weighted by molar-refractivity contribution is 7.63. The van der Waals surface area contributed by atoms with Crippen molar-refractivity contribution in [1.82, 2.24) is 39.9 Å². The van der Waals surface area contributed by atoms with Gasteiger partial charge in [-0.2, -0.15) is 0 Å². The Morgan fingerprint density at radius 2 is 0.569 bits per heavy atom. The van der Waals surface area contributed by atoms with E-state index in [1.54, 1.807) is 116 Å². The van der Waals surface area contributed by atoms with E-state index >= 15 is 0 Å². The molecule has 0 spiro atoms. The van der Waals surface area contributed by atoms with Crippen LogP contribution in [0.25, 0.3) is 87.2 Å². The number of nitrogens with one attached hydrogen (secondary N) is 4. The number of benzene rings is 8. The van der Waals surface area contributed by atoms with Crippen LogP contribution in [0.5, 0.6) is 0 Å². The Bertz CT molecular complexity index is 6240. The normalized spacial score (nSPS) is 22.2. The summed E-state index contributed by atoms with van der Waals surface area (Å²) in [5.74, 6) is 0. The second-order valence-corrected chi connectivity index (χ2v) is 37.0. The fraction of sp³-hybridized carbons (Fsp3) is 0.153. The van der Waals surface area contributed by atoms with Gasteiger partial charge >= 0.3 is 30.4 Å². The Hall–Kier alpha value is -10.3. The van der Waals surface area contributed by atoms with Gasteiger partial charge in [0.05, 0.1) is 116 Å². The van der Waals surface area contributed by atoms with E-state index in [4.69, 9.17) is 71.0 Å². The van der Waals surface area contributed by atoms with Crippen molar-refractivity contribution in [2.45, 2.75) is 57.0 Å². The molecule has 4 aliphatic heterocycles. The van der Waals surface area contributed by atoms with Gasteiger partial charge in [0, 0.05) is 158 Å². The fourth-order valence-corrected chi connectivity index (χ4v) is 22.0. The van der Waals surface area contributed by atoms with Gasteiger partial charge in [-0.15, -0.1) is 0 Å². The predicted octanol–water partition coefficient (Wildman–Crippen LogP) is 18.6. The summed E-state index contributed by atoms with van der Waals surface area (Å²) in [7, 11) is -14.2. The molecule has 20 rings (SSSR count). The fourth-order valence-electron chi connectivity index (χ4n) is 14.5. The lowest BCUT2D eigenvalue weighted by molar-refractivity contribution is 0.0869. The van der Waals surface area contributed by atoms with E-state index in [0.717, 1.165) is 49.4 Å². The van der Waals surface area contributed by atoms with Crippen molar-refractivity contribution in [3.8, 4) is 0 Å². The van der Waals surface area contributed by atoms with Gasteiger partial charge < -0.3 is 38.0 Å². The first-order chi connectivity index (χ1) is 56.1. The average Bonchev–Trinajstić information content (AvgIpc) is 0.772. The summed E-state index contributed by atoms with van der Waals surface area (Å²) in [5.41, 5.74) is 9.47. The summed E-state index contributed by atoms with van der Waals surface area (Å²) in [6.07, 6.45) is 13.3. The quantitative estimate of drug-likeness (QED) is 0.0811. The number of aryl methyl sites for hydroxylation is 1. The number of hydrogen-bond acceptors (Lipinski definition) is 20. The van der Waals surface area contributed by atoms with Gasteiger partial charge in [-0.05, 0) is 114 Å². The number of H-pyrrole nitrogens is 4. The van der Waals surface area contributed by atoms with Crippen molar-refractivity contribution in [2.75, 3.05) is 26.4 Å². The van der Waals surface area contributed by atoms with E-state index in [9.17, 15) is 37.4 Å². The van der Waals surface area contributed by atoms with Crippen molar-refractivity contribution in [3.63, 3.8) is 0 Å². The van der Waals surface area contributed by atoms with E-state index in [0.29, 0.717) is 154 Å². The molecule has 8 aromatic carbocycles. The molecule has 0 bridgehead atoms. The van der Waals surface area contributed by atoms with Crippen LogP contribution in [0.3, 0.4) is 0 Å². The molecule has 12 heterocycles. The third kappa shape index (κ3) is 16.0. The Balaban J connectivity index is 0.000000111. The first-order valence-electron chi connectivity index (χ1n) is 36.8. The smallest absolute Gasteiger partial charge is 0.359 e. The number of fused-ring (bicyclic) bond motifs is 12. The summed E-state index contributed by atoms with van der Waals surface area (Å²) in [5, 5.41) is 8.57. The highest BCUT2D eigenvalue weighted by Gasteiger charge is 2.41. The molecule has 8 atom stereocenters. The van der Waals surface area contributed by atoms with Gasteiger partial charge in [0.15, 0.2) is 21.7 Å². The van der Waals surface area contributed by atoms with Crippen molar-refractivity contribution in [2.24, 2.45) is 0 Å². The van der Waals surface area contributed by atoms with E-state index in [1.807, 2.05) is 85.8 Å². The lowest BCUT2D eigenvalue weighted by Gasteiger charge is -2.30. The van der Waals surface area contributed by atoms with Crippen LogP contribution in [-0.4, -0.2) is 66.3 Å². The predicted molar refractivity (Wildman–Crippen MR) is 452 cm³/mol. The molecule has 16 aromatic rings. The molecule has 8 aromatic heterocycles. The Morgan fingerprint density at radius 3 is 0.819 bits per heavy atom. The van der Waals surface area contributed by atoms with Gasteiger partial charge in [-0.1, -0.05) is 125 Å². The number of aromatic amines is 4. The molecule has 116 heavy (non-hydrogen) atoms. The Kier molecular flexibility index (Phi) is 22.0. The third-order valence-corrected chi connectivity index (χ3v) is 28.7. The summed E-state index contributed by atoms with van der Waals surface area (Å²) in [4.78, 5) is 78.3. The standard InChI is InChI=1S/C22H19N2O4P.3C21H16ClN2O4P/c1-14-3-2-4-15(11-14)20-8-10-27-29(26,28-20)17-12-16-5-6-18-19(25)7-9-23-22(18)21(16)24-13-17;3*22-15-3-1-2-13(10-15)19-7-9-27-29(26,28-19)16-11-14-4-5-17-18(25)6-8-23-21(17)20(14)24-12-16/h2-7,9,11-13,20H,8,10H2,1H3,(H,23,25);3*1-6,8,10-12,19H,7,9H2,(H,23,25)/t20-,29?;3*19-,29?/m1100/s1. The zero-order valence-electron chi connectivity index (χ0n) is 61.3. The summed E-state index contributed by atoms with van der Waals surface area (Å²) >= 11 is 18.3. The molecule has 0 radical (unpaired) electrons. The largest absolute Gasteiger partial charge is 0.363 e. The van der Waals surface area contributed by atoms with E-state index in [-0.39, 0.29) is 46.1 Å². The van der Waals surface area contributed by atoms with Crippen molar-refractivity contribution in [1.29, 1.82) is 0 Å². The van der Waals surface area contributed by atoms with Gasteiger partial charge in [0.25, 0.3) is 0 Å². The average molecular weight is 1690 g/mol. The molecule has 4 fully saturated rings. The molecule has 4 unspecified atom stereocenters. The molecule has 584 valence electrons. The monoisotopic (exact) mass is 1680 g/mol. The molecule has 0 amide bonds. The van der Waals surface area contributed by atoms with Crippen molar-refractivity contribution >= 4 is 174 Å². The maximum Gasteiger partial charge on any atom is 0.363 e. The molecular weight excluding hydrogens is 1620 g/mol. The third-order valence-electron chi connectivity index (χ3n) is 20.2. The van der Waals surface area contributed by atoms with E-state index < -0.39 is 30.4 Å². The van der Waals surface area contributed by atoms with Crippen molar-refractivity contribution in [3.05, 3.63) is 327 Å². The van der Waals surface area contributed by atoms with E-state index in [1.165, 1.54) is 49.1 Å². The lowest BCUT2D eigenvalue weighted by Crippen LogP contribution is -2.20. The van der Waals surface area contributed by atoms with Crippen LogP contribution in [0, 0.1) is 6.92 Å². The van der Waals surface area contributed by atoms with Crippen LogP contribution in [0.4, 0.5) is 0 Å². The second kappa shape index (κ2) is 32.7. The molecule has 24 nitrogen and oxygen atoms in total. The minimum absolute atomic E-state index is 0.0701. The SMILES string of the molecule is Cc1cccc([C@H]2CCOP(=O)(c3cnc4c(ccc5c(=O)cc[nH]c54)c3)O2)c1.O=c1cc[nH]c2c1ccc1cc(P3(=O)OCC[C@@H](c4cccc(Cl)c4)O3)cnc12.O=c1cc[nH]c2c1ccc1cc(P3(=O)OCC[C@@H](c4cccc(Cl)c4)O3)cnc12.O=c1cc[nH]c2c1ccc1cc(P3(=O)OCC[C@H](c4cccc(Cl)c4)O3)cnc12. The van der Waals surface area contributed by atoms with Crippen LogP contribution in [0.1, 0.15) is 77.9 Å². The minimum atomic E-state index is -3.55. The number of aromatic nitrogens is 8. The van der Waals surface area contributed by atoms with Gasteiger partial charge in [-0.3, -0.25) is 75.5 Å². The van der Waals surface area contributed by atoms with Crippen LogP contribution in [-0.2, 0) is 54.5 Å². The molecule has 4 N–H and O–H groups in total. The molecule has 0 saturated carbocycles. The zero-order chi connectivity index (χ0) is 80.0. The van der Waals surface area contributed by atoms with Crippen LogP contribution in [0.15, 0.2) is 263 Å². The molecule has 4 saturated heterocycles. The molecular formula is C85H67Cl3N8O16P4. The number of nitrogens with zero attached hydrogens (tertiary/aromatic N) is 4. The second-order valence-electron chi connectivity index (χ2n) is 27.8. The summed E-state index contributed by atoms with van der Waals surface area (Å²) in [6, 6.07) is 57.0. The highest BCUT2D eigenvalue weighted by atomic mass is 35.5. The van der Waals surface area contributed by atoms with Crippen LogP contribution >= 0.6 is 65.2 Å². The lowest BCUT2D eigenvalue weighted by atomic mass is 10.0. The molecule has 4 aliphatic rings. The number of pyridine rings is 8. The van der Waals surface area contributed by atoms with Crippen molar-refractivity contribution < 1.29 is 54.5 Å². The first-order valence-corrected chi connectivity index (χ1v) is 44.1. The summed E-state index contributed by atoms with van der Waals surface area (Å²) < 4.78 is 100. The first kappa shape index (κ1) is 78.2. The maximum absolute atomic E-state index is 13.5.